The maximum atomic E-state index is 4.51. The van der Waals surface area contributed by atoms with Crippen molar-refractivity contribution >= 4 is 17.0 Å². The molecule has 1 aliphatic rings. The van der Waals surface area contributed by atoms with E-state index >= 15 is 0 Å². The van der Waals surface area contributed by atoms with Crippen LogP contribution < -0.4 is 0 Å². The standard InChI is InChI=1S/C12H21N.C11H19NS.3CH4/c1-11(2,3)9-7-10(13-8-9)12(4,5)6;1-10(2,3)8-7-12-9(13-8)11(4,5)6;;;/h8H,7H2,1-6H3;7H,1-6H3;3*1H4. The van der Waals surface area contributed by atoms with Crippen LogP contribution in [0, 0.1) is 10.8 Å². The van der Waals surface area contributed by atoms with Crippen LogP contribution in [0.4, 0.5) is 0 Å². The lowest BCUT2D eigenvalue weighted by Crippen LogP contribution is -2.20. The molecule has 3 heteroatoms. The molecule has 0 atom stereocenters. The van der Waals surface area contributed by atoms with E-state index in [9.17, 15) is 0 Å². The van der Waals surface area contributed by atoms with Crippen LogP contribution in [-0.2, 0) is 10.8 Å². The second-order valence-electron chi connectivity index (χ2n) is 11.4. The molecular weight excluding hydrogens is 372 g/mol. The van der Waals surface area contributed by atoms with E-state index in [0.29, 0.717) is 0 Å². The Morgan fingerprint density at radius 3 is 1.38 bits per heavy atom. The molecule has 0 N–H and O–H groups in total. The molecule has 0 radical (unpaired) electrons. The number of hydrogen-bond acceptors (Lipinski definition) is 3. The maximum Gasteiger partial charge on any atom is 0.0981 e. The van der Waals surface area contributed by atoms with Crippen molar-refractivity contribution < 1.29 is 0 Å². The van der Waals surface area contributed by atoms with E-state index in [1.165, 1.54) is 21.2 Å². The summed E-state index contributed by atoms with van der Waals surface area (Å²) in [4.78, 5) is 10.4. The Hall–Kier alpha value is -0.960. The van der Waals surface area contributed by atoms with Gasteiger partial charge in [-0.25, -0.2) is 4.98 Å². The van der Waals surface area contributed by atoms with Crippen LogP contribution in [0.15, 0.2) is 23.0 Å². The molecule has 0 aromatic carbocycles. The second-order valence-corrected chi connectivity index (χ2v) is 12.5. The van der Waals surface area contributed by atoms with Gasteiger partial charge in [0, 0.05) is 40.2 Å². The van der Waals surface area contributed by atoms with Crippen LogP contribution in [-0.4, -0.2) is 10.7 Å². The topological polar surface area (TPSA) is 25.2 Å². The lowest BCUT2D eigenvalue weighted by molar-refractivity contribution is 0.493. The number of hydrogen-bond donors (Lipinski definition) is 0. The van der Waals surface area contributed by atoms with E-state index in [4.69, 9.17) is 0 Å². The van der Waals surface area contributed by atoms with Crippen LogP contribution in [0.3, 0.4) is 0 Å². The van der Waals surface area contributed by atoms with E-state index in [-0.39, 0.29) is 43.9 Å². The maximum absolute atomic E-state index is 4.51. The van der Waals surface area contributed by atoms with Crippen LogP contribution in [0.5, 0.6) is 0 Å². The van der Waals surface area contributed by atoms with Crippen molar-refractivity contribution in [1.82, 2.24) is 4.98 Å². The molecule has 2 heterocycles. The van der Waals surface area contributed by atoms with E-state index in [0.717, 1.165) is 6.42 Å². The van der Waals surface area contributed by atoms with Gasteiger partial charge in [-0.3, -0.25) is 4.99 Å². The smallest absolute Gasteiger partial charge is 0.0981 e. The molecular formula is C26H52N2S. The van der Waals surface area contributed by atoms with Crippen molar-refractivity contribution in [2.45, 2.75) is 123 Å². The molecule has 0 saturated heterocycles. The summed E-state index contributed by atoms with van der Waals surface area (Å²) in [6.07, 6.45) is 5.14. The minimum absolute atomic E-state index is 0. The predicted octanol–water partition coefficient (Wildman–Crippen LogP) is 9.45. The number of aliphatic imine (C=N–C) groups is 1. The molecule has 1 aliphatic heterocycles. The molecule has 172 valence electrons. The molecule has 0 spiro atoms. The summed E-state index contributed by atoms with van der Waals surface area (Å²) in [5.41, 5.74) is 3.70. The van der Waals surface area contributed by atoms with Gasteiger partial charge in [0.1, 0.15) is 0 Å². The molecule has 1 aromatic rings. The van der Waals surface area contributed by atoms with Gasteiger partial charge in [0.05, 0.1) is 5.01 Å². The molecule has 1 aromatic heterocycles. The normalized spacial score (nSPS) is 14.3. The average molecular weight is 425 g/mol. The SMILES string of the molecule is C.C.C.CC(C)(C)C1=CN=C(C(C)(C)C)C1.CC(C)(C)c1cnc(C(C)(C)C)s1. The highest BCUT2D eigenvalue weighted by molar-refractivity contribution is 7.11. The predicted molar refractivity (Wildman–Crippen MR) is 139 cm³/mol. The van der Waals surface area contributed by atoms with Crippen LogP contribution in [0.1, 0.15) is 122 Å². The number of aromatic nitrogens is 1. The van der Waals surface area contributed by atoms with E-state index in [1.54, 1.807) is 0 Å². The Morgan fingerprint density at radius 1 is 0.690 bits per heavy atom. The molecule has 2 rings (SSSR count). The highest BCUT2D eigenvalue weighted by atomic mass is 32.1. The fraction of sp³-hybridized carbons (Fsp3) is 0.769. The lowest BCUT2D eigenvalue weighted by atomic mass is 9.80. The third-order valence-corrected chi connectivity index (χ3v) is 6.30. The van der Waals surface area contributed by atoms with E-state index in [1.807, 2.05) is 17.5 Å². The summed E-state index contributed by atoms with van der Waals surface area (Å²) in [7, 11) is 0. The summed E-state index contributed by atoms with van der Waals surface area (Å²) in [6, 6.07) is 0. The van der Waals surface area contributed by atoms with Crippen LogP contribution >= 0.6 is 11.3 Å². The Bertz CT molecular complexity index is 607. The fourth-order valence-electron chi connectivity index (χ4n) is 2.31. The number of rotatable bonds is 0. The molecule has 0 amide bonds. The zero-order chi connectivity index (χ0) is 20.6. The van der Waals surface area contributed by atoms with Crippen molar-refractivity contribution in [3.63, 3.8) is 0 Å². The Morgan fingerprint density at radius 2 is 1.17 bits per heavy atom. The van der Waals surface area contributed by atoms with Gasteiger partial charge in [-0.1, -0.05) is 105 Å². The quantitative estimate of drug-likeness (QED) is 0.407. The minimum Gasteiger partial charge on any atom is -0.265 e. The summed E-state index contributed by atoms with van der Waals surface area (Å²) in [6.45, 7) is 26.7. The van der Waals surface area contributed by atoms with Crippen molar-refractivity contribution in [2.24, 2.45) is 15.8 Å². The van der Waals surface area contributed by atoms with Gasteiger partial charge in [-0.15, -0.1) is 11.3 Å². The monoisotopic (exact) mass is 424 g/mol. The first-order valence-electron chi connectivity index (χ1n) is 9.66. The van der Waals surface area contributed by atoms with Gasteiger partial charge in [-0.2, -0.15) is 0 Å². The first-order chi connectivity index (χ1) is 11.4. The van der Waals surface area contributed by atoms with Crippen molar-refractivity contribution in [3.05, 3.63) is 27.9 Å². The van der Waals surface area contributed by atoms with Gasteiger partial charge in [0.15, 0.2) is 0 Å². The number of allylic oxidation sites excluding steroid dienone is 1. The first-order valence-corrected chi connectivity index (χ1v) is 10.5. The van der Waals surface area contributed by atoms with Crippen LogP contribution in [0.25, 0.3) is 0 Å². The molecule has 0 bridgehead atoms. The zero-order valence-corrected chi connectivity index (χ0v) is 20.0. The largest absolute Gasteiger partial charge is 0.265 e. The first kappa shape index (κ1) is 32.7. The van der Waals surface area contributed by atoms with Gasteiger partial charge >= 0.3 is 0 Å². The average Bonchev–Trinajstić information content (AvgIpc) is 3.06. The van der Waals surface area contributed by atoms with Gasteiger partial charge in [0.25, 0.3) is 0 Å². The lowest BCUT2D eigenvalue weighted by Gasteiger charge is -2.23. The summed E-state index contributed by atoms with van der Waals surface area (Å²) >= 11 is 1.84. The van der Waals surface area contributed by atoms with Crippen molar-refractivity contribution in [2.75, 3.05) is 0 Å². The highest BCUT2D eigenvalue weighted by Gasteiger charge is 2.28. The second kappa shape index (κ2) is 10.9. The Labute approximate surface area is 188 Å². The molecule has 29 heavy (non-hydrogen) atoms. The molecule has 2 nitrogen and oxygen atoms in total. The van der Waals surface area contributed by atoms with E-state index < -0.39 is 0 Å². The number of thiazole rings is 1. The van der Waals surface area contributed by atoms with Crippen LogP contribution in [0.2, 0.25) is 0 Å². The third kappa shape index (κ3) is 10.1. The third-order valence-electron chi connectivity index (χ3n) is 4.45. The number of nitrogens with zero attached hydrogens (tertiary/aromatic N) is 2. The molecule has 0 aliphatic carbocycles. The van der Waals surface area contributed by atoms with E-state index in [2.05, 4.69) is 99.3 Å². The summed E-state index contributed by atoms with van der Waals surface area (Å²) < 4.78 is 0. The minimum atomic E-state index is 0. The Balaban J connectivity index is -0.000000422. The summed E-state index contributed by atoms with van der Waals surface area (Å²) in [5.74, 6) is 0. The van der Waals surface area contributed by atoms with Gasteiger partial charge < -0.3 is 0 Å². The van der Waals surface area contributed by atoms with Gasteiger partial charge in [-0.05, 0) is 16.4 Å². The Kier molecular flexibility index (Phi) is 12.3. The fourth-order valence-corrected chi connectivity index (χ4v) is 3.34. The molecule has 0 fully saturated rings. The highest BCUT2D eigenvalue weighted by Crippen LogP contribution is 2.35. The zero-order valence-electron chi connectivity index (χ0n) is 19.2. The van der Waals surface area contributed by atoms with Crippen molar-refractivity contribution in [3.8, 4) is 0 Å². The van der Waals surface area contributed by atoms with Gasteiger partial charge in [0.2, 0.25) is 0 Å². The summed E-state index contributed by atoms with van der Waals surface area (Å²) in [5, 5.41) is 1.23. The molecule has 0 unspecified atom stereocenters. The molecule has 0 saturated carbocycles. The van der Waals surface area contributed by atoms with Crippen molar-refractivity contribution in [1.29, 1.82) is 0 Å².